The number of ketones is 1. The summed E-state index contributed by atoms with van der Waals surface area (Å²) >= 11 is 4.84. The number of nitrogens with one attached hydrogen (secondary N) is 1. The number of pyridine rings is 1. The summed E-state index contributed by atoms with van der Waals surface area (Å²) in [7, 11) is 1.77. The maximum absolute atomic E-state index is 12.9. The maximum atomic E-state index is 12.9. The number of benzene rings is 2. The molecule has 0 fully saturated rings. The Morgan fingerprint density at radius 1 is 0.968 bits per heavy atom. The molecule has 0 aliphatic carbocycles. The third-order valence-corrected chi connectivity index (χ3v) is 6.03. The third-order valence-electron chi connectivity index (χ3n) is 4.47. The molecule has 8 heteroatoms. The van der Waals surface area contributed by atoms with Crippen LogP contribution < -0.4 is 5.32 Å². The summed E-state index contributed by atoms with van der Waals surface area (Å²) in [5.41, 5.74) is 1.56. The van der Waals surface area contributed by atoms with Crippen LogP contribution in [0.5, 0.6) is 0 Å². The fraction of sp³-hybridized carbons (Fsp3) is 0.0435. The lowest BCUT2D eigenvalue weighted by atomic mass is 10.1. The number of carbonyl (C=O) groups is 2. The minimum atomic E-state index is -0.268. The minimum Gasteiger partial charge on any atom is -0.331 e. The molecule has 31 heavy (non-hydrogen) atoms. The quantitative estimate of drug-likeness (QED) is 0.373. The SMILES string of the molecule is Cn1ccnc1C(=O)c1ccc(NC(=O)c2cccnc2Sc2ccc(Br)cc2)cc1. The molecule has 0 aliphatic rings. The first-order chi connectivity index (χ1) is 15.0. The summed E-state index contributed by atoms with van der Waals surface area (Å²) in [5, 5.41) is 3.49. The highest BCUT2D eigenvalue weighted by Crippen LogP contribution is 2.30. The largest absolute Gasteiger partial charge is 0.331 e. The Balaban J connectivity index is 1.49. The van der Waals surface area contributed by atoms with E-state index in [1.54, 1.807) is 66.6 Å². The molecular weight excluding hydrogens is 476 g/mol. The minimum absolute atomic E-state index is 0.175. The zero-order chi connectivity index (χ0) is 21.8. The zero-order valence-corrected chi connectivity index (χ0v) is 18.9. The molecular formula is C23H17BrN4O2S. The van der Waals surface area contributed by atoms with E-state index in [-0.39, 0.29) is 11.7 Å². The van der Waals surface area contributed by atoms with Crippen LogP contribution in [-0.4, -0.2) is 26.2 Å². The van der Waals surface area contributed by atoms with E-state index in [4.69, 9.17) is 0 Å². The predicted octanol–water partition coefficient (Wildman–Crippen LogP) is 5.21. The lowest BCUT2D eigenvalue weighted by molar-refractivity contribution is 0.101. The van der Waals surface area contributed by atoms with Crippen molar-refractivity contribution in [2.24, 2.45) is 7.05 Å². The highest BCUT2D eigenvalue weighted by Gasteiger charge is 2.16. The fourth-order valence-corrected chi connectivity index (χ4v) is 4.02. The number of carbonyl (C=O) groups excluding carboxylic acids is 2. The van der Waals surface area contributed by atoms with Gasteiger partial charge in [-0.3, -0.25) is 9.59 Å². The van der Waals surface area contributed by atoms with Gasteiger partial charge in [0.05, 0.1) is 5.56 Å². The molecule has 0 aliphatic heterocycles. The first-order valence-electron chi connectivity index (χ1n) is 9.33. The maximum Gasteiger partial charge on any atom is 0.258 e. The third kappa shape index (κ3) is 4.92. The van der Waals surface area contributed by atoms with Gasteiger partial charge in [-0.1, -0.05) is 27.7 Å². The van der Waals surface area contributed by atoms with Crippen LogP contribution in [0.3, 0.4) is 0 Å². The van der Waals surface area contributed by atoms with E-state index >= 15 is 0 Å². The molecule has 1 N–H and O–H groups in total. The number of nitrogens with zero attached hydrogens (tertiary/aromatic N) is 3. The second-order valence-electron chi connectivity index (χ2n) is 6.63. The monoisotopic (exact) mass is 492 g/mol. The summed E-state index contributed by atoms with van der Waals surface area (Å²) < 4.78 is 2.66. The Morgan fingerprint density at radius 3 is 2.39 bits per heavy atom. The molecule has 0 spiro atoms. The molecule has 0 saturated heterocycles. The Labute approximate surface area is 191 Å². The number of hydrogen-bond acceptors (Lipinski definition) is 5. The van der Waals surface area contributed by atoms with Crippen LogP contribution in [0.25, 0.3) is 0 Å². The van der Waals surface area contributed by atoms with Crippen LogP contribution in [-0.2, 0) is 7.05 Å². The van der Waals surface area contributed by atoms with E-state index in [0.717, 1.165) is 9.37 Å². The van der Waals surface area contributed by atoms with Crippen molar-refractivity contribution in [3.05, 3.63) is 101 Å². The predicted molar refractivity (Wildman–Crippen MR) is 124 cm³/mol. The van der Waals surface area contributed by atoms with E-state index in [2.05, 4.69) is 31.2 Å². The molecule has 4 rings (SSSR count). The van der Waals surface area contributed by atoms with E-state index < -0.39 is 0 Å². The standard InChI is InChI=1S/C23H17BrN4O2S/c1-28-14-13-25-21(28)20(29)15-4-8-17(9-5-15)27-22(30)19-3-2-12-26-23(19)31-18-10-6-16(24)7-11-18/h2-14H,1H3,(H,27,30). The summed E-state index contributed by atoms with van der Waals surface area (Å²) in [6.45, 7) is 0. The second-order valence-corrected chi connectivity index (χ2v) is 8.61. The van der Waals surface area contributed by atoms with Crippen molar-refractivity contribution < 1.29 is 9.59 Å². The van der Waals surface area contributed by atoms with Crippen LogP contribution in [0, 0.1) is 0 Å². The summed E-state index contributed by atoms with van der Waals surface area (Å²) in [4.78, 5) is 34.8. The van der Waals surface area contributed by atoms with Crippen molar-refractivity contribution in [3.63, 3.8) is 0 Å². The van der Waals surface area contributed by atoms with E-state index in [9.17, 15) is 9.59 Å². The number of rotatable bonds is 6. The van der Waals surface area contributed by atoms with Gasteiger partial charge in [-0.25, -0.2) is 9.97 Å². The van der Waals surface area contributed by atoms with Gasteiger partial charge in [-0.2, -0.15) is 0 Å². The van der Waals surface area contributed by atoms with Gasteiger partial charge in [0.2, 0.25) is 5.78 Å². The number of aromatic nitrogens is 3. The van der Waals surface area contributed by atoms with Crippen LogP contribution in [0.15, 0.2) is 93.6 Å². The number of anilines is 1. The van der Waals surface area contributed by atoms with Crippen molar-refractivity contribution >= 4 is 45.1 Å². The van der Waals surface area contributed by atoms with Crippen LogP contribution in [0.4, 0.5) is 5.69 Å². The van der Waals surface area contributed by atoms with Crippen molar-refractivity contribution in [2.45, 2.75) is 9.92 Å². The first-order valence-corrected chi connectivity index (χ1v) is 10.9. The molecule has 0 radical (unpaired) electrons. The summed E-state index contributed by atoms with van der Waals surface area (Å²) in [6.07, 6.45) is 4.97. The fourth-order valence-electron chi connectivity index (χ4n) is 2.88. The van der Waals surface area contributed by atoms with E-state index in [1.807, 2.05) is 24.3 Å². The molecule has 0 saturated carbocycles. The number of imidazole rings is 1. The molecule has 154 valence electrons. The average molecular weight is 493 g/mol. The van der Waals surface area contributed by atoms with Gasteiger partial charge in [-0.15, -0.1) is 0 Å². The van der Waals surface area contributed by atoms with Crippen LogP contribution >= 0.6 is 27.7 Å². The highest BCUT2D eigenvalue weighted by molar-refractivity contribution is 9.10. The summed E-state index contributed by atoms with van der Waals surface area (Å²) in [6, 6.07) is 18.0. The van der Waals surface area contributed by atoms with Gasteiger partial charge in [0.25, 0.3) is 5.91 Å². The molecule has 2 aromatic heterocycles. The Hall–Kier alpha value is -3.23. The van der Waals surface area contributed by atoms with E-state index in [0.29, 0.717) is 27.7 Å². The average Bonchev–Trinajstić information content (AvgIpc) is 3.21. The summed E-state index contributed by atoms with van der Waals surface area (Å²) in [5.74, 6) is -0.0801. The van der Waals surface area contributed by atoms with Crippen molar-refractivity contribution in [2.75, 3.05) is 5.32 Å². The van der Waals surface area contributed by atoms with Crippen molar-refractivity contribution in [3.8, 4) is 0 Å². The topological polar surface area (TPSA) is 76.9 Å². The molecule has 4 aromatic rings. The molecule has 0 unspecified atom stereocenters. The lowest BCUT2D eigenvalue weighted by Crippen LogP contribution is -2.14. The lowest BCUT2D eigenvalue weighted by Gasteiger charge is -2.10. The zero-order valence-electron chi connectivity index (χ0n) is 16.4. The number of halogens is 1. The number of aryl methyl sites for hydroxylation is 1. The van der Waals surface area contributed by atoms with Gasteiger partial charge in [0, 0.05) is 46.3 Å². The first kappa shape index (κ1) is 21.0. The van der Waals surface area contributed by atoms with E-state index in [1.165, 1.54) is 11.8 Å². The van der Waals surface area contributed by atoms with Crippen molar-refractivity contribution in [1.29, 1.82) is 0 Å². The Morgan fingerprint density at radius 2 is 1.71 bits per heavy atom. The molecule has 2 heterocycles. The smallest absolute Gasteiger partial charge is 0.258 e. The molecule has 0 bridgehead atoms. The van der Waals surface area contributed by atoms with Gasteiger partial charge in [-0.05, 0) is 60.7 Å². The normalized spacial score (nSPS) is 10.6. The van der Waals surface area contributed by atoms with Crippen LogP contribution in [0.1, 0.15) is 26.5 Å². The number of hydrogen-bond donors (Lipinski definition) is 1. The van der Waals surface area contributed by atoms with Crippen molar-refractivity contribution in [1.82, 2.24) is 14.5 Å². The number of amides is 1. The van der Waals surface area contributed by atoms with Gasteiger partial charge >= 0.3 is 0 Å². The Kier molecular flexibility index (Phi) is 6.29. The molecule has 1 amide bonds. The Bertz CT molecular complexity index is 1240. The highest BCUT2D eigenvalue weighted by atomic mass is 79.9. The van der Waals surface area contributed by atoms with Gasteiger partial charge in [0.15, 0.2) is 5.82 Å². The van der Waals surface area contributed by atoms with Gasteiger partial charge in [0.1, 0.15) is 5.03 Å². The molecule has 0 atom stereocenters. The van der Waals surface area contributed by atoms with Gasteiger partial charge < -0.3 is 9.88 Å². The van der Waals surface area contributed by atoms with Crippen LogP contribution in [0.2, 0.25) is 0 Å². The second kappa shape index (κ2) is 9.28. The molecule has 6 nitrogen and oxygen atoms in total. The molecule has 2 aromatic carbocycles.